The number of halogens is 1. The van der Waals surface area contributed by atoms with Crippen molar-refractivity contribution >= 4 is 44.2 Å². The molecule has 0 spiro atoms. The van der Waals surface area contributed by atoms with Crippen LogP contribution in [0.5, 0.6) is 5.75 Å². The predicted molar refractivity (Wildman–Crippen MR) is 149 cm³/mol. The van der Waals surface area contributed by atoms with Gasteiger partial charge < -0.3 is 10.1 Å². The number of nitrogens with one attached hydrogen (secondary N) is 1. The second-order valence-electron chi connectivity index (χ2n) is 8.70. The third-order valence-corrected chi connectivity index (χ3v) is 8.32. The van der Waals surface area contributed by atoms with E-state index in [1.54, 1.807) is 37.4 Å². The van der Waals surface area contributed by atoms with Crippen molar-refractivity contribution in [2.45, 2.75) is 44.6 Å². The average Bonchev–Trinajstić information content (AvgIpc) is 2.83. The molecule has 1 unspecified atom stereocenters. The molecule has 0 saturated carbocycles. The van der Waals surface area contributed by atoms with Crippen LogP contribution in [0, 0.1) is 10.5 Å². The molecule has 3 aromatic rings. The summed E-state index contributed by atoms with van der Waals surface area (Å²) in [7, 11) is -2.29. The van der Waals surface area contributed by atoms with E-state index in [1.165, 1.54) is 12.1 Å². The lowest BCUT2D eigenvalue weighted by molar-refractivity contribution is -0.120. The number of hydrogen-bond donors (Lipinski definition) is 1. The first-order valence-corrected chi connectivity index (χ1v) is 13.9. The number of carbonyl (C=O) groups excluding carboxylic acids is 1. The number of ether oxygens (including phenoxy) is 1. The van der Waals surface area contributed by atoms with Gasteiger partial charge in [-0.1, -0.05) is 32.0 Å². The number of carbonyl (C=O) groups is 1. The maximum absolute atomic E-state index is 13.5. The fourth-order valence-electron chi connectivity index (χ4n) is 3.95. The predicted octanol–water partition coefficient (Wildman–Crippen LogP) is 5.80. The minimum atomic E-state index is -3.94. The first-order valence-electron chi connectivity index (χ1n) is 11.4. The molecule has 0 heterocycles. The molecule has 0 saturated heterocycles. The average molecular weight is 607 g/mol. The van der Waals surface area contributed by atoms with Crippen LogP contribution in [0.25, 0.3) is 0 Å². The van der Waals surface area contributed by atoms with Crippen LogP contribution in [0.4, 0.5) is 5.69 Å². The monoisotopic (exact) mass is 606 g/mol. The molecule has 0 aliphatic heterocycles. The highest BCUT2D eigenvalue weighted by molar-refractivity contribution is 14.1. The van der Waals surface area contributed by atoms with E-state index in [1.807, 2.05) is 32.0 Å². The highest BCUT2D eigenvalue weighted by atomic mass is 127. The van der Waals surface area contributed by atoms with Gasteiger partial charge in [-0.2, -0.15) is 0 Å². The van der Waals surface area contributed by atoms with Crippen molar-refractivity contribution in [1.29, 1.82) is 0 Å². The number of sulfonamides is 1. The quantitative estimate of drug-likeness (QED) is 0.313. The van der Waals surface area contributed by atoms with Gasteiger partial charge in [-0.15, -0.1) is 0 Å². The molecule has 8 heteroatoms. The van der Waals surface area contributed by atoms with Gasteiger partial charge >= 0.3 is 0 Å². The minimum Gasteiger partial charge on any atom is -0.496 e. The molecule has 186 valence electrons. The molecule has 0 radical (unpaired) electrons. The molecule has 0 aliphatic carbocycles. The Hall–Kier alpha value is -2.59. The fourth-order valence-corrected chi connectivity index (χ4v) is 5.75. The van der Waals surface area contributed by atoms with Crippen LogP contribution < -0.4 is 14.4 Å². The summed E-state index contributed by atoms with van der Waals surface area (Å²) in [4.78, 5) is 13.3. The molecule has 35 heavy (non-hydrogen) atoms. The Morgan fingerprint density at radius 3 is 2.20 bits per heavy atom. The van der Waals surface area contributed by atoms with Gasteiger partial charge in [0.25, 0.3) is 10.0 Å². The molecule has 3 aromatic carbocycles. The lowest BCUT2D eigenvalue weighted by Crippen LogP contribution is -2.41. The van der Waals surface area contributed by atoms with Crippen molar-refractivity contribution in [2.75, 3.05) is 18.0 Å². The van der Waals surface area contributed by atoms with Crippen LogP contribution in [-0.4, -0.2) is 28.0 Å². The normalized spacial score (nSPS) is 12.3. The van der Waals surface area contributed by atoms with Gasteiger partial charge in [0.2, 0.25) is 5.91 Å². The van der Waals surface area contributed by atoms with Crippen molar-refractivity contribution < 1.29 is 17.9 Å². The SMILES string of the molecule is COc1cc(C)c(C(C)NC(=O)CN(c2ccc(I)cc2)S(=O)(=O)c2ccccc2)cc1C(C)C. The van der Waals surface area contributed by atoms with Gasteiger partial charge in [0.1, 0.15) is 12.3 Å². The molecular formula is C27H31IN2O4S. The lowest BCUT2D eigenvalue weighted by Gasteiger charge is -2.26. The van der Waals surface area contributed by atoms with Crippen LogP contribution in [0.3, 0.4) is 0 Å². The summed E-state index contributed by atoms with van der Waals surface area (Å²) in [5.41, 5.74) is 3.45. The van der Waals surface area contributed by atoms with Crippen molar-refractivity contribution in [1.82, 2.24) is 5.32 Å². The van der Waals surface area contributed by atoms with Gasteiger partial charge in [-0.05, 0) is 108 Å². The summed E-state index contributed by atoms with van der Waals surface area (Å²) in [6, 6.07) is 18.9. The molecule has 1 atom stereocenters. The van der Waals surface area contributed by atoms with Gasteiger partial charge in [-0.3, -0.25) is 9.10 Å². The maximum Gasteiger partial charge on any atom is 0.264 e. The molecular weight excluding hydrogens is 575 g/mol. The topological polar surface area (TPSA) is 75.7 Å². The Morgan fingerprint density at radius 1 is 1.00 bits per heavy atom. The Balaban J connectivity index is 1.90. The van der Waals surface area contributed by atoms with Crippen LogP contribution in [-0.2, 0) is 14.8 Å². The van der Waals surface area contributed by atoms with E-state index in [9.17, 15) is 13.2 Å². The molecule has 0 bridgehead atoms. The molecule has 6 nitrogen and oxygen atoms in total. The van der Waals surface area contributed by atoms with Crippen molar-refractivity contribution in [2.24, 2.45) is 0 Å². The smallest absolute Gasteiger partial charge is 0.264 e. The second kappa shape index (κ2) is 11.4. The summed E-state index contributed by atoms with van der Waals surface area (Å²) in [5, 5.41) is 2.99. The molecule has 0 aromatic heterocycles. The Bertz CT molecular complexity index is 1280. The van der Waals surface area contributed by atoms with E-state index in [2.05, 4.69) is 47.8 Å². The standard InChI is InChI=1S/C27H31IN2O4S/c1-18(2)24-16-25(19(3)15-26(24)34-5)20(4)29-27(31)17-30(22-13-11-21(28)12-14-22)35(32,33)23-9-7-6-8-10-23/h6-16,18,20H,17H2,1-5H3,(H,29,31). The van der Waals surface area contributed by atoms with Crippen LogP contribution >= 0.6 is 22.6 Å². The third-order valence-electron chi connectivity index (χ3n) is 5.82. The summed E-state index contributed by atoms with van der Waals surface area (Å²) < 4.78 is 34.6. The van der Waals surface area contributed by atoms with Crippen LogP contribution in [0.2, 0.25) is 0 Å². The van der Waals surface area contributed by atoms with E-state index in [0.29, 0.717) is 5.69 Å². The van der Waals surface area contributed by atoms with Crippen LogP contribution in [0.1, 0.15) is 49.4 Å². The lowest BCUT2D eigenvalue weighted by atomic mass is 9.93. The van der Waals surface area contributed by atoms with E-state index in [4.69, 9.17) is 4.74 Å². The zero-order chi connectivity index (χ0) is 25.8. The van der Waals surface area contributed by atoms with Crippen molar-refractivity contribution in [3.63, 3.8) is 0 Å². The zero-order valence-electron chi connectivity index (χ0n) is 20.6. The van der Waals surface area contributed by atoms with Gasteiger partial charge in [0.15, 0.2) is 0 Å². The highest BCUT2D eigenvalue weighted by Gasteiger charge is 2.28. The second-order valence-corrected chi connectivity index (χ2v) is 11.8. The van der Waals surface area contributed by atoms with Gasteiger partial charge in [0.05, 0.1) is 23.7 Å². The number of aryl methyl sites for hydroxylation is 1. The van der Waals surface area contributed by atoms with Gasteiger partial charge in [0, 0.05) is 3.57 Å². The van der Waals surface area contributed by atoms with Gasteiger partial charge in [-0.25, -0.2) is 8.42 Å². The van der Waals surface area contributed by atoms with E-state index < -0.39 is 15.9 Å². The van der Waals surface area contributed by atoms with Crippen molar-refractivity contribution in [3.8, 4) is 5.75 Å². The molecule has 1 amide bonds. The number of methoxy groups -OCH3 is 1. The number of anilines is 1. The van der Waals surface area contributed by atoms with E-state index in [0.717, 1.165) is 30.3 Å². The Kier molecular flexibility index (Phi) is 8.82. The molecule has 1 N–H and O–H groups in total. The van der Waals surface area contributed by atoms with E-state index in [-0.39, 0.29) is 23.4 Å². The number of amides is 1. The number of benzene rings is 3. The summed E-state index contributed by atoms with van der Waals surface area (Å²) in [5.74, 6) is 0.676. The summed E-state index contributed by atoms with van der Waals surface area (Å²) >= 11 is 2.16. The third kappa shape index (κ3) is 6.35. The minimum absolute atomic E-state index is 0.131. The first kappa shape index (κ1) is 27.0. The highest BCUT2D eigenvalue weighted by Crippen LogP contribution is 2.32. The van der Waals surface area contributed by atoms with E-state index >= 15 is 0 Å². The number of nitrogens with zero attached hydrogens (tertiary/aromatic N) is 1. The number of hydrogen-bond acceptors (Lipinski definition) is 4. The zero-order valence-corrected chi connectivity index (χ0v) is 23.6. The summed E-state index contributed by atoms with van der Waals surface area (Å²) in [6.07, 6.45) is 0. The summed E-state index contributed by atoms with van der Waals surface area (Å²) in [6.45, 7) is 7.72. The number of rotatable bonds is 9. The fraction of sp³-hybridized carbons (Fsp3) is 0.296. The molecule has 0 fully saturated rings. The van der Waals surface area contributed by atoms with Crippen LogP contribution in [0.15, 0.2) is 71.6 Å². The Labute approximate surface area is 221 Å². The Morgan fingerprint density at radius 2 is 1.63 bits per heavy atom. The van der Waals surface area contributed by atoms with Crippen molar-refractivity contribution in [3.05, 3.63) is 87.0 Å². The maximum atomic E-state index is 13.5. The first-order chi connectivity index (χ1) is 16.5. The molecule has 3 rings (SSSR count). The molecule has 0 aliphatic rings. The largest absolute Gasteiger partial charge is 0.496 e.